The Labute approximate surface area is 119 Å². The third-order valence-corrected chi connectivity index (χ3v) is 3.90. The highest BCUT2D eigenvalue weighted by molar-refractivity contribution is 5.72. The van der Waals surface area contributed by atoms with E-state index >= 15 is 0 Å². The second kappa shape index (κ2) is 7.24. The number of methoxy groups -OCH3 is 1. The Kier molecular flexibility index (Phi) is 5.35. The summed E-state index contributed by atoms with van der Waals surface area (Å²) in [7, 11) is 3.55. The van der Waals surface area contributed by atoms with E-state index in [9.17, 15) is 4.79 Å². The van der Waals surface area contributed by atoms with Gasteiger partial charge in [0.15, 0.2) is 0 Å². The van der Waals surface area contributed by atoms with Crippen LogP contribution in [0, 0.1) is 11.8 Å². The fraction of sp³-hybridized carbons (Fsp3) is 0.600. The maximum absolute atomic E-state index is 12.0. The predicted molar refractivity (Wildman–Crippen MR) is 75.5 cm³/mol. The molecule has 1 aliphatic rings. The minimum Gasteiger partial charge on any atom is -0.491 e. The molecule has 1 atom stereocenters. The van der Waals surface area contributed by atoms with Gasteiger partial charge in [-0.25, -0.2) is 0 Å². The van der Waals surface area contributed by atoms with Crippen molar-refractivity contribution >= 4 is 5.97 Å². The van der Waals surface area contributed by atoms with Crippen LogP contribution in [-0.2, 0) is 9.53 Å². The highest BCUT2D eigenvalue weighted by Crippen LogP contribution is 2.26. The van der Waals surface area contributed by atoms with Crippen molar-refractivity contribution in [1.29, 1.82) is 0 Å². The van der Waals surface area contributed by atoms with Crippen LogP contribution in [0.1, 0.15) is 12.8 Å². The van der Waals surface area contributed by atoms with Crippen molar-refractivity contribution in [2.75, 3.05) is 33.9 Å². The molecule has 1 unspecified atom stereocenters. The Bertz CT molecular complexity index is 416. The number of likely N-dealkylation sites (tertiary alicyclic amines) is 1. The number of aromatic nitrogens is 1. The third kappa shape index (κ3) is 3.93. The van der Waals surface area contributed by atoms with Crippen molar-refractivity contribution in [3.8, 4) is 5.75 Å². The fourth-order valence-corrected chi connectivity index (χ4v) is 2.60. The molecule has 0 aliphatic carbocycles. The summed E-state index contributed by atoms with van der Waals surface area (Å²) in [5.41, 5.74) is 0. The van der Waals surface area contributed by atoms with Crippen molar-refractivity contribution in [3.63, 3.8) is 0 Å². The van der Waals surface area contributed by atoms with Crippen molar-refractivity contribution in [2.24, 2.45) is 11.8 Å². The molecule has 5 heteroatoms. The Hall–Kier alpha value is -1.62. The highest BCUT2D eigenvalue weighted by Gasteiger charge is 2.32. The normalized spacial score (nSPS) is 18.5. The molecule has 2 heterocycles. The Morgan fingerprint density at radius 3 is 2.85 bits per heavy atom. The fourth-order valence-electron chi connectivity index (χ4n) is 2.60. The number of pyridine rings is 1. The first-order chi connectivity index (χ1) is 9.70. The van der Waals surface area contributed by atoms with Gasteiger partial charge in [-0.2, -0.15) is 0 Å². The molecule has 2 rings (SSSR count). The zero-order valence-corrected chi connectivity index (χ0v) is 12.1. The van der Waals surface area contributed by atoms with Gasteiger partial charge in [-0.05, 0) is 51.0 Å². The largest absolute Gasteiger partial charge is 0.491 e. The van der Waals surface area contributed by atoms with Crippen LogP contribution in [0.5, 0.6) is 5.75 Å². The van der Waals surface area contributed by atoms with Crippen LogP contribution in [0.25, 0.3) is 0 Å². The number of rotatable bonds is 5. The van der Waals surface area contributed by atoms with E-state index in [0.29, 0.717) is 18.3 Å². The molecule has 1 fully saturated rings. The lowest BCUT2D eigenvalue weighted by atomic mass is 9.85. The molecule has 0 aromatic carbocycles. The van der Waals surface area contributed by atoms with Gasteiger partial charge in [0, 0.05) is 6.20 Å². The minimum atomic E-state index is -0.200. The van der Waals surface area contributed by atoms with Crippen LogP contribution >= 0.6 is 0 Å². The van der Waals surface area contributed by atoms with E-state index in [4.69, 9.17) is 9.47 Å². The van der Waals surface area contributed by atoms with Crippen molar-refractivity contribution in [3.05, 3.63) is 24.5 Å². The first kappa shape index (κ1) is 14.8. The average molecular weight is 278 g/mol. The summed E-state index contributed by atoms with van der Waals surface area (Å²) in [5, 5.41) is 0. The van der Waals surface area contributed by atoms with Crippen molar-refractivity contribution in [1.82, 2.24) is 9.88 Å². The molecule has 1 aromatic rings. The van der Waals surface area contributed by atoms with Crippen LogP contribution in [0.4, 0.5) is 0 Å². The topological polar surface area (TPSA) is 51.7 Å². The van der Waals surface area contributed by atoms with Crippen LogP contribution in [0.2, 0.25) is 0 Å². The van der Waals surface area contributed by atoms with Crippen LogP contribution in [0.15, 0.2) is 24.5 Å². The quantitative estimate of drug-likeness (QED) is 0.766. The zero-order valence-electron chi connectivity index (χ0n) is 12.1. The molecule has 0 bridgehead atoms. The maximum atomic E-state index is 12.0. The second-order valence-electron chi connectivity index (χ2n) is 5.27. The molecule has 0 spiro atoms. The SMILES string of the molecule is COC(=O)C(COc1cccnc1)C1CCN(C)CC1. The van der Waals surface area contributed by atoms with Crippen molar-refractivity contribution in [2.45, 2.75) is 12.8 Å². The molecule has 0 amide bonds. The summed E-state index contributed by atoms with van der Waals surface area (Å²) in [6.07, 6.45) is 5.37. The highest BCUT2D eigenvalue weighted by atomic mass is 16.5. The molecule has 0 saturated carbocycles. The first-order valence-corrected chi connectivity index (χ1v) is 7.00. The molecule has 1 saturated heterocycles. The minimum absolute atomic E-state index is 0.177. The van der Waals surface area contributed by atoms with Crippen LogP contribution in [-0.4, -0.2) is 49.7 Å². The van der Waals surface area contributed by atoms with Gasteiger partial charge in [0.25, 0.3) is 0 Å². The molecule has 1 aromatic heterocycles. The summed E-state index contributed by atoms with van der Waals surface area (Å²) in [5.74, 6) is 0.641. The van der Waals surface area contributed by atoms with Gasteiger partial charge in [-0.1, -0.05) is 0 Å². The molecule has 20 heavy (non-hydrogen) atoms. The van der Waals surface area contributed by atoms with E-state index in [-0.39, 0.29) is 11.9 Å². The Morgan fingerprint density at radius 1 is 1.50 bits per heavy atom. The molecule has 1 aliphatic heterocycles. The standard InChI is InChI=1S/C15H22N2O3/c1-17-8-5-12(6-9-17)14(15(18)19-2)11-20-13-4-3-7-16-10-13/h3-4,7,10,12,14H,5-6,8-9,11H2,1-2H3. The number of hydrogen-bond donors (Lipinski definition) is 0. The third-order valence-electron chi connectivity index (χ3n) is 3.90. The van der Waals surface area contributed by atoms with Gasteiger partial charge < -0.3 is 14.4 Å². The summed E-state index contributed by atoms with van der Waals surface area (Å²) in [4.78, 5) is 18.3. The Balaban J connectivity index is 1.95. The van der Waals surface area contributed by atoms with Gasteiger partial charge in [0.1, 0.15) is 12.4 Å². The summed E-state index contributed by atoms with van der Waals surface area (Å²) < 4.78 is 10.6. The number of esters is 1. The average Bonchev–Trinajstić information content (AvgIpc) is 2.50. The van der Waals surface area contributed by atoms with Gasteiger partial charge in [-0.15, -0.1) is 0 Å². The predicted octanol–water partition coefficient (Wildman–Crippen LogP) is 1.59. The van der Waals surface area contributed by atoms with E-state index in [0.717, 1.165) is 25.9 Å². The number of ether oxygens (including phenoxy) is 2. The summed E-state index contributed by atoms with van der Waals surface area (Å²) in [6.45, 7) is 2.39. The van der Waals surface area contributed by atoms with E-state index in [2.05, 4.69) is 16.9 Å². The smallest absolute Gasteiger partial charge is 0.312 e. The molecule has 5 nitrogen and oxygen atoms in total. The van der Waals surface area contributed by atoms with E-state index in [1.165, 1.54) is 7.11 Å². The van der Waals surface area contributed by atoms with Gasteiger partial charge in [0.05, 0.1) is 19.2 Å². The maximum Gasteiger partial charge on any atom is 0.312 e. The molecular weight excluding hydrogens is 256 g/mol. The molecule has 0 radical (unpaired) electrons. The van der Waals surface area contributed by atoms with Crippen molar-refractivity contribution < 1.29 is 14.3 Å². The number of piperidine rings is 1. The number of carbonyl (C=O) groups is 1. The Morgan fingerprint density at radius 2 is 2.25 bits per heavy atom. The van der Waals surface area contributed by atoms with E-state index in [1.807, 2.05) is 12.1 Å². The van der Waals surface area contributed by atoms with Crippen LogP contribution < -0.4 is 4.74 Å². The zero-order chi connectivity index (χ0) is 14.4. The number of hydrogen-bond acceptors (Lipinski definition) is 5. The van der Waals surface area contributed by atoms with Gasteiger partial charge in [-0.3, -0.25) is 9.78 Å². The van der Waals surface area contributed by atoms with Gasteiger partial charge in [0.2, 0.25) is 0 Å². The summed E-state index contributed by atoms with van der Waals surface area (Å²) >= 11 is 0. The number of nitrogens with zero attached hydrogens (tertiary/aromatic N) is 2. The second-order valence-corrected chi connectivity index (χ2v) is 5.27. The van der Waals surface area contributed by atoms with Crippen LogP contribution in [0.3, 0.4) is 0 Å². The molecule has 110 valence electrons. The summed E-state index contributed by atoms with van der Waals surface area (Å²) in [6, 6.07) is 3.66. The lowest BCUT2D eigenvalue weighted by molar-refractivity contribution is -0.149. The van der Waals surface area contributed by atoms with E-state index < -0.39 is 0 Å². The lowest BCUT2D eigenvalue weighted by Crippen LogP contribution is -2.38. The number of carbonyl (C=O) groups excluding carboxylic acids is 1. The van der Waals surface area contributed by atoms with E-state index in [1.54, 1.807) is 12.4 Å². The molecule has 0 N–H and O–H groups in total. The first-order valence-electron chi connectivity index (χ1n) is 7.00. The monoisotopic (exact) mass is 278 g/mol. The molecular formula is C15H22N2O3. The lowest BCUT2D eigenvalue weighted by Gasteiger charge is -2.32. The van der Waals surface area contributed by atoms with Gasteiger partial charge >= 0.3 is 5.97 Å².